The van der Waals surface area contributed by atoms with Crippen molar-refractivity contribution in [3.63, 3.8) is 0 Å². The van der Waals surface area contributed by atoms with Crippen molar-refractivity contribution in [1.82, 2.24) is 0 Å². The highest BCUT2D eigenvalue weighted by Crippen LogP contribution is 2.21. The summed E-state index contributed by atoms with van der Waals surface area (Å²) < 4.78 is 5.36. The van der Waals surface area contributed by atoms with E-state index in [1.807, 2.05) is 12.1 Å². The maximum absolute atomic E-state index is 11.8. The molecule has 19 heavy (non-hydrogen) atoms. The van der Waals surface area contributed by atoms with Gasteiger partial charge in [-0.3, -0.25) is 4.79 Å². The first-order valence-electron chi connectivity index (χ1n) is 5.61. The minimum atomic E-state index is -0.110. The Bertz CT molecular complexity index is 632. The van der Waals surface area contributed by atoms with Crippen LogP contribution in [0.1, 0.15) is 15.9 Å². The van der Waals surface area contributed by atoms with E-state index >= 15 is 0 Å². The maximum Gasteiger partial charge on any atom is 0.200 e. The van der Waals surface area contributed by atoms with E-state index in [9.17, 15) is 4.79 Å². The van der Waals surface area contributed by atoms with E-state index in [1.165, 1.54) is 6.07 Å². The van der Waals surface area contributed by atoms with Crippen molar-refractivity contribution in [2.75, 3.05) is 6.61 Å². The molecule has 0 aliphatic heterocycles. The molecule has 2 aromatic rings. The molecule has 0 spiro atoms. The molecule has 94 valence electrons. The molecule has 0 atom stereocenters. The molecule has 0 N–H and O–H groups in total. The molecule has 0 bridgehead atoms. The quantitative estimate of drug-likeness (QED) is 0.800. The fourth-order valence-corrected chi connectivity index (χ4v) is 1.75. The second-order valence-electron chi connectivity index (χ2n) is 3.83. The van der Waals surface area contributed by atoms with Gasteiger partial charge in [0.25, 0.3) is 0 Å². The molecule has 0 unspecified atom stereocenters. The van der Waals surface area contributed by atoms with Gasteiger partial charge in [0.05, 0.1) is 10.6 Å². The molecule has 0 fully saturated rings. The van der Waals surface area contributed by atoms with E-state index in [2.05, 4.69) is 0 Å². The number of hydrogen-bond acceptors (Lipinski definition) is 3. The Kier molecular flexibility index (Phi) is 4.17. The van der Waals surface area contributed by atoms with Gasteiger partial charge in [0.2, 0.25) is 0 Å². The number of ketones is 1. The first kappa shape index (κ1) is 13.1. The number of nitriles is 1. The summed E-state index contributed by atoms with van der Waals surface area (Å²) in [7, 11) is 0. The minimum absolute atomic E-state index is 0.0633. The van der Waals surface area contributed by atoms with Crippen LogP contribution in [0.25, 0.3) is 0 Å². The second kappa shape index (κ2) is 6.03. The van der Waals surface area contributed by atoms with Crippen LogP contribution in [0.2, 0.25) is 5.02 Å². The van der Waals surface area contributed by atoms with Crippen LogP contribution in [0.5, 0.6) is 5.75 Å². The number of carbonyl (C=O) groups is 1. The fourth-order valence-electron chi connectivity index (χ4n) is 1.53. The van der Waals surface area contributed by atoms with Gasteiger partial charge in [-0.15, -0.1) is 0 Å². The van der Waals surface area contributed by atoms with Gasteiger partial charge in [0.1, 0.15) is 11.8 Å². The van der Waals surface area contributed by atoms with Gasteiger partial charge in [0, 0.05) is 11.6 Å². The van der Waals surface area contributed by atoms with Crippen LogP contribution in [0.3, 0.4) is 0 Å². The third-order valence-electron chi connectivity index (χ3n) is 2.53. The highest BCUT2D eigenvalue weighted by molar-refractivity contribution is 6.31. The Balaban J connectivity index is 2.02. The number of ether oxygens (including phenoxy) is 1. The number of nitrogens with zero attached hydrogens (tertiary/aromatic N) is 1. The Hall–Kier alpha value is -2.31. The number of Topliss-reactive ketones (excluding diaryl/α,β-unsaturated/α-hetero) is 1. The molecule has 0 amide bonds. The summed E-state index contributed by atoms with van der Waals surface area (Å²) in [6.45, 7) is -0.0633. The molecule has 2 aromatic carbocycles. The van der Waals surface area contributed by atoms with E-state index in [0.717, 1.165) is 0 Å². The number of hydrogen-bond donors (Lipinski definition) is 0. The van der Waals surface area contributed by atoms with E-state index in [-0.39, 0.29) is 12.4 Å². The predicted octanol–water partition coefficient (Wildman–Crippen LogP) is 3.47. The van der Waals surface area contributed by atoms with Crippen molar-refractivity contribution in [1.29, 1.82) is 5.26 Å². The summed E-state index contributed by atoms with van der Waals surface area (Å²) in [4.78, 5) is 11.8. The lowest BCUT2D eigenvalue weighted by atomic mass is 10.1. The lowest BCUT2D eigenvalue weighted by Crippen LogP contribution is -2.11. The fraction of sp³-hybridized carbons (Fsp3) is 0.0667. The van der Waals surface area contributed by atoms with Crippen molar-refractivity contribution < 1.29 is 9.53 Å². The summed E-state index contributed by atoms with van der Waals surface area (Å²) in [5.74, 6) is 0.356. The molecular formula is C15H10ClNO2. The van der Waals surface area contributed by atoms with Crippen LogP contribution in [-0.4, -0.2) is 12.4 Å². The lowest BCUT2D eigenvalue weighted by molar-refractivity contribution is 0.0921. The monoisotopic (exact) mass is 271 g/mol. The molecule has 0 heterocycles. The van der Waals surface area contributed by atoms with Crippen LogP contribution >= 0.6 is 11.6 Å². The predicted molar refractivity (Wildman–Crippen MR) is 72.4 cm³/mol. The molecule has 3 nitrogen and oxygen atoms in total. The van der Waals surface area contributed by atoms with E-state index in [1.54, 1.807) is 36.4 Å². The van der Waals surface area contributed by atoms with Crippen molar-refractivity contribution in [3.8, 4) is 11.8 Å². The SMILES string of the molecule is N#Cc1ccc(OCC(=O)c2ccccc2)cc1Cl. The first-order valence-corrected chi connectivity index (χ1v) is 5.99. The Morgan fingerprint density at radius 3 is 2.58 bits per heavy atom. The Morgan fingerprint density at radius 1 is 1.21 bits per heavy atom. The van der Waals surface area contributed by atoms with Gasteiger partial charge in [-0.05, 0) is 12.1 Å². The summed E-state index contributed by atoms with van der Waals surface area (Å²) in [5.41, 5.74) is 0.977. The second-order valence-corrected chi connectivity index (χ2v) is 4.24. The molecule has 0 aliphatic rings. The van der Waals surface area contributed by atoms with Crippen LogP contribution in [0.15, 0.2) is 48.5 Å². The number of benzene rings is 2. The van der Waals surface area contributed by atoms with E-state index in [0.29, 0.717) is 21.9 Å². The van der Waals surface area contributed by atoms with E-state index in [4.69, 9.17) is 21.6 Å². The molecule has 0 radical (unpaired) electrons. The van der Waals surface area contributed by atoms with Crippen LogP contribution in [0.4, 0.5) is 0 Å². The van der Waals surface area contributed by atoms with Crippen molar-refractivity contribution in [2.24, 2.45) is 0 Å². The number of carbonyl (C=O) groups excluding carboxylic acids is 1. The molecule has 0 saturated carbocycles. The minimum Gasteiger partial charge on any atom is -0.485 e. The van der Waals surface area contributed by atoms with Gasteiger partial charge in [-0.1, -0.05) is 41.9 Å². The Labute approximate surface area is 116 Å². The highest BCUT2D eigenvalue weighted by atomic mass is 35.5. The average molecular weight is 272 g/mol. The summed E-state index contributed by atoms with van der Waals surface area (Å²) in [5, 5.41) is 9.06. The molecule has 2 rings (SSSR count). The molecule has 0 aliphatic carbocycles. The normalized spacial score (nSPS) is 9.68. The third kappa shape index (κ3) is 3.34. The number of rotatable bonds is 4. The summed E-state index contributed by atoms with van der Waals surface area (Å²) in [6.07, 6.45) is 0. The van der Waals surface area contributed by atoms with Gasteiger partial charge in [-0.25, -0.2) is 0 Å². The van der Waals surface area contributed by atoms with E-state index < -0.39 is 0 Å². The number of halogens is 1. The smallest absolute Gasteiger partial charge is 0.200 e. The standard InChI is InChI=1S/C15H10ClNO2/c16-14-8-13(7-6-12(14)9-17)19-10-15(18)11-4-2-1-3-5-11/h1-8H,10H2. The van der Waals surface area contributed by atoms with Crippen LogP contribution in [0, 0.1) is 11.3 Å². The third-order valence-corrected chi connectivity index (χ3v) is 2.84. The van der Waals surface area contributed by atoms with Gasteiger partial charge >= 0.3 is 0 Å². The zero-order chi connectivity index (χ0) is 13.7. The molecule has 0 aromatic heterocycles. The zero-order valence-electron chi connectivity index (χ0n) is 9.97. The highest BCUT2D eigenvalue weighted by Gasteiger charge is 2.07. The van der Waals surface area contributed by atoms with Crippen molar-refractivity contribution in [2.45, 2.75) is 0 Å². The topological polar surface area (TPSA) is 50.1 Å². The van der Waals surface area contributed by atoms with Gasteiger partial charge in [0.15, 0.2) is 12.4 Å². The first-order chi connectivity index (χ1) is 9.20. The average Bonchev–Trinajstić information content (AvgIpc) is 2.46. The zero-order valence-corrected chi connectivity index (χ0v) is 10.7. The van der Waals surface area contributed by atoms with Crippen molar-refractivity contribution >= 4 is 17.4 Å². The molecular weight excluding hydrogens is 262 g/mol. The molecule has 4 heteroatoms. The van der Waals surface area contributed by atoms with Gasteiger partial charge in [-0.2, -0.15) is 5.26 Å². The summed E-state index contributed by atoms with van der Waals surface area (Å²) >= 11 is 5.87. The van der Waals surface area contributed by atoms with Crippen molar-refractivity contribution in [3.05, 3.63) is 64.7 Å². The largest absolute Gasteiger partial charge is 0.485 e. The van der Waals surface area contributed by atoms with Gasteiger partial charge < -0.3 is 4.74 Å². The lowest BCUT2D eigenvalue weighted by Gasteiger charge is -2.06. The maximum atomic E-state index is 11.8. The Morgan fingerprint density at radius 2 is 1.95 bits per heavy atom. The van der Waals surface area contributed by atoms with Crippen LogP contribution < -0.4 is 4.74 Å². The summed E-state index contributed by atoms with van der Waals surface area (Å²) in [6, 6.07) is 15.6. The van der Waals surface area contributed by atoms with Crippen LogP contribution in [-0.2, 0) is 0 Å². The molecule has 0 saturated heterocycles.